The maximum atomic E-state index is 15.0. The number of rotatable bonds is 6. The van der Waals surface area contributed by atoms with Crippen LogP contribution in [0.4, 0.5) is 23.5 Å². The number of nitrogens with one attached hydrogen (secondary N) is 1. The Morgan fingerprint density at radius 3 is 2.86 bits per heavy atom. The molecule has 0 bridgehead atoms. The Morgan fingerprint density at radius 2 is 2.14 bits per heavy atom. The number of anilines is 1. The van der Waals surface area contributed by atoms with Gasteiger partial charge >= 0.3 is 6.18 Å². The largest absolute Gasteiger partial charge is 0.479 e. The molecule has 2 aliphatic heterocycles. The predicted molar refractivity (Wildman–Crippen MR) is 125 cm³/mol. The van der Waals surface area contributed by atoms with Crippen molar-refractivity contribution >= 4 is 22.5 Å². The molecule has 10 nitrogen and oxygen atoms in total. The minimum Gasteiger partial charge on any atom is -0.479 e. The lowest BCUT2D eigenvalue weighted by Crippen LogP contribution is -2.57. The highest BCUT2D eigenvalue weighted by atomic mass is 19.4. The van der Waals surface area contributed by atoms with E-state index in [9.17, 15) is 17.6 Å². The first-order valence-corrected chi connectivity index (χ1v) is 11.7. The van der Waals surface area contributed by atoms with Crippen LogP contribution < -0.4 is 10.1 Å². The van der Waals surface area contributed by atoms with Crippen LogP contribution >= 0.6 is 0 Å². The smallest absolute Gasteiger partial charge is 0.408 e. The summed E-state index contributed by atoms with van der Waals surface area (Å²) in [4.78, 5) is 6.51. The van der Waals surface area contributed by atoms with Gasteiger partial charge in [-0.05, 0) is 30.2 Å². The highest BCUT2D eigenvalue weighted by molar-refractivity contribution is 5.89. The van der Waals surface area contributed by atoms with Crippen molar-refractivity contribution in [2.45, 2.75) is 37.4 Å². The minimum absolute atomic E-state index is 0.0963. The van der Waals surface area contributed by atoms with Crippen LogP contribution in [-0.4, -0.2) is 92.3 Å². The number of hydrogen-bond donors (Lipinski definition) is 1. The molecule has 0 spiro atoms. The summed E-state index contributed by atoms with van der Waals surface area (Å²) in [7, 11) is -0.425. The molecule has 3 aromatic heterocycles. The average molecular weight is 521 g/mol. The number of fused-ring (bicyclic) bond motifs is 2. The Hall–Kier alpha value is -3.52. The van der Waals surface area contributed by atoms with Crippen molar-refractivity contribution in [1.29, 1.82) is 0 Å². The van der Waals surface area contributed by atoms with Crippen molar-refractivity contribution in [3.05, 3.63) is 30.5 Å². The minimum atomic E-state index is -4.45. The highest BCUT2D eigenvalue weighted by Gasteiger charge is 2.36. The molecule has 196 valence electrons. The van der Waals surface area contributed by atoms with Crippen molar-refractivity contribution in [3.8, 4) is 17.0 Å². The summed E-state index contributed by atoms with van der Waals surface area (Å²) in [5.74, 6) is 0.248. The lowest BCUT2D eigenvalue weighted by Gasteiger charge is -2.42. The van der Waals surface area contributed by atoms with Crippen molar-refractivity contribution < 1.29 is 28.4 Å². The van der Waals surface area contributed by atoms with E-state index in [0.29, 0.717) is 48.3 Å². The van der Waals surface area contributed by atoms with Gasteiger partial charge < -0.3 is 14.8 Å². The van der Waals surface area contributed by atoms with E-state index in [1.807, 2.05) is 0 Å². The molecule has 5 heterocycles. The second-order valence-corrected chi connectivity index (χ2v) is 9.21. The van der Waals surface area contributed by atoms with Gasteiger partial charge in [-0.2, -0.15) is 18.2 Å². The van der Waals surface area contributed by atoms with Crippen LogP contribution in [0.2, 0.25) is 0 Å². The Labute approximate surface area is 209 Å². The molecule has 6 rings (SSSR count). The summed E-state index contributed by atoms with van der Waals surface area (Å²) < 4.78 is 74.5. The summed E-state index contributed by atoms with van der Waals surface area (Å²) in [5, 5.41) is 15.0. The zero-order chi connectivity index (χ0) is 26.4. The van der Waals surface area contributed by atoms with Gasteiger partial charge in [0.15, 0.2) is 0 Å². The highest BCUT2D eigenvalue weighted by Crippen LogP contribution is 2.33. The molecule has 2 fully saturated rings. The molecule has 0 radical (unpaired) electrons. The zero-order valence-corrected chi connectivity index (χ0v) is 19.5. The SMILES string of the molecule is [2H]COc1nc(N[C@H]2CCN(C3COC3)C[C@@H]2F)nn2ccc(-c3ccc4nnn(CC(F)(F)F)c4c3)c12. The quantitative estimate of drug-likeness (QED) is 0.387. The molecule has 1 N–H and O–H groups in total. The number of halogens is 4. The third kappa shape index (κ3) is 4.55. The molecule has 0 amide bonds. The number of methoxy groups -OCH3 is 1. The monoisotopic (exact) mass is 521 g/mol. The van der Waals surface area contributed by atoms with Gasteiger partial charge in [0.1, 0.15) is 23.7 Å². The Morgan fingerprint density at radius 1 is 1.27 bits per heavy atom. The molecule has 0 aliphatic carbocycles. The van der Waals surface area contributed by atoms with Crippen molar-refractivity contribution in [2.75, 3.05) is 38.7 Å². The summed E-state index contributed by atoms with van der Waals surface area (Å²) >= 11 is 0. The fraction of sp³-hybridized carbons (Fsp3) is 0.478. The van der Waals surface area contributed by atoms with Crippen LogP contribution in [-0.2, 0) is 11.3 Å². The van der Waals surface area contributed by atoms with Crippen LogP contribution in [0.3, 0.4) is 0 Å². The summed E-state index contributed by atoms with van der Waals surface area (Å²) in [6, 6.07) is 6.34. The average Bonchev–Trinajstić information content (AvgIpc) is 3.43. The summed E-state index contributed by atoms with van der Waals surface area (Å²) in [5.41, 5.74) is 2.12. The van der Waals surface area contributed by atoms with Crippen LogP contribution in [0.15, 0.2) is 30.5 Å². The number of aromatic nitrogens is 6. The van der Waals surface area contributed by atoms with Gasteiger partial charge in [0.25, 0.3) is 0 Å². The Balaban J connectivity index is 1.30. The van der Waals surface area contributed by atoms with Crippen LogP contribution in [0.5, 0.6) is 5.88 Å². The molecule has 37 heavy (non-hydrogen) atoms. The first-order chi connectivity index (χ1) is 18.3. The van der Waals surface area contributed by atoms with E-state index >= 15 is 0 Å². The number of piperidine rings is 1. The number of alkyl halides is 4. The molecule has 0 saturated carbocycles. The van der Waals surface area contributed by atoms with E-state index in [4.69, 9.17) is 10.8 Å². The van der Waals surface area contributed by atoms with Gasteiger partial charge in [-0.3, -0.25) is 4.90 Å². The summed E-state index contributed by atoms with van der Waals surface area (Å²) in [6.07, 6.45) is -3.38. The van der Waals surface area contributed by atoms with E-state index in [0.717, 1.165) is 11.2 Å². The lowest BCUT2D eigenvalue weighted by atomic mass is 10.0. The zero-order valence-electron chi connectivity index (χ0n) is 20.5. The molecular formula is C23H24F4N8O2. The third-order valence-electron chi connectivity index (χ3n) is 6.79. The number of nitrogens with zero attached hydrogens (tertiary/aromatic N) is 7. The van der Waals surface area contributed by atoms with Crippen LogP contribution in [0.1, 0.15) is 7.79 Å². The molecule has 1 aromatic carbocycles. The van der Waals surface area contributed by atoms with Gasteiger partial charge in [-0.25, -0.2) is 13.6 Å². The molecular weight excluding hydrogens is 496 g/mol. The van der Waals surface area contributed by atoms with Crippen molar-refractivity contribution in [1.82, 2.24) is 34.5 Å². The number of ether oxygens (including phenoxy) is 2. The molecule has 0 unspecified atom stereocenters. The molecule has 2 saturated heterocycles. The predicted octanol–water partition coefficient (Wildman–Crippen LogP) is 2.94. The van der Waals surface area contributed by atoms with Gasteiger partial charge in [0.05, 0.1) is 39.3 Å². The molecule has 2 aliphatic rings. The third-order valence-corrected chi connectivity index (χ3v) is 6.79. The molecule has 2 atom stereocenters. The van der Waals surface area contributed by atoms with Crippen LogP contribution in [0.25, 0.3) is 27.7 Å². The Kier molecular flexibility index (Phi) is 5.57. The first kappa shape index (κ1) is 22.7. The number of benzene rings is 1. The fourth-order valence-electron chi connectivity index (χ4n) is 4.83. The van der Waals surface area contributed by atoms with Gasteiger partial charge in [0.2, 0.25) is 11.8 Å². The summed E-state index contributed by atoms with van der Waals surface area (Å²) in [6.45, 7) is 1.00. The number of hydrogen-bond acceptors (Lipinski definition) is 8. The molecule has 4 aromatic rings. The second kappa shape index (κ2) is 9.10. The van der Waals surface area contributed by atoms with Gasteiger partial charge in [-0.1, -0.05) is 11.3 Å². The first-order valence-electron chi connectivity index (χ1n) is 12.4. The van der Waals surface area contributed by atoms with E-state index < -0.39 is 32.0 Å². The topological polar surface area (TPSA) is 94.6 Å². The van der Waals surface area contributed by atoms with E-state index in [1.54, 1.807) is 30.5 Å². The van der Waals surface area contributed by atoms with Crippen molar-refractivity contribution in [2.24, 2.45) is 0 Å². The standard InChI is InChI=1S/C23H24F4N8O2/c1-36-21-20-15(13-2-3-18-19(8-13)35(32-30-18)12-23(25,26)27)4-7-34(20)31-22(29-21)28-17-5-6-33(9-16(17)24)14-10-37-11-14/h2-4,7-8,14,16-17H,5-6,9-12H2,1H3,(H,28,31)/t16-,17-/m0/s1/i1D. The van der Waals surface area contributed by atoms with Gasteiger partial charge in [-0.15, -0.1) is 10.2 Å². The second-order valence-electron chi connectivity index (χ2n) is 9.21. The van der Waals surface area contributed by atoms with E-state index in [1.165, 1.54) is 4.52 Å². The fourth-order valence-corrected chi connectivity index (χ4v) is 4.83. The van der Waals surface area contributed by atoms with Crippen LogP contribution in [0, 0.1) is 0 Å². The van der Waals surface area contributed by atoms with E-state index in [-0.39, 0.29) is 23.4 Å². The van der Waals surface area contributed by atoms with Gasteiger partial charge in [0, 0.05) is 24.8 Å². The normalized spacial score (nSPS) is 21.8. The number of likely N-dealkylation sites (tertiary alicyclic amines) is 1. The molecule has 14 heteroatoms. The lowest BCUT2D eigenvalue weighted by molar-refractivity contribution is -0.142. The maximum absolute atomic E-state index is 15.0. The maximum Gasteiger partial charge on any atom is 0.408 e. The van der Waals surface area contributed by atoms with E-state index in [2.05, 4.69) is 30.6 Å². The van der Waals surface area contributed by atoms with Crippen molar-refractivity contribution in [3.63, 3.8) is 0 Å². The Bertz CT molecular complexity index is 1460.